The number of sulfonamides is 1. The maximum Gasteiger partial charge on any atom is 0.265 e. The van der Waals surface area contributed by atoms with E-state index in [0.717, 1.165) is 0 Å². The van der Waals surface area contributed by atoms with Crippen molar-refractivity contribution >= 4 is 50.5 Å². The number of benzene rings is 3. The van der Waals surface area contributed by atoms with Crippen LogP contribution in [0, 0.1) is 0 Å². The molecule has 1 atom stereocenters. The minimum Gasteiger partial charge on any atom is -0.481 e. The molecule has 0 saturated heterocycles. The zero-order chi connectivity index (χ0) is 22.4. The molecule has 0 bridgehead atoms. The maximum atomic E-state index is 12.6. The van der Waals surface area contributed by atoms with Gasteiger partial charge >= 0.3 is 0 Å². The fourth-order valence-electron chi connectivity index (χ4n) is 2.67. The van der Waals surface area contributed by atoms with Gasteiger partial charge in [-0.25, -0.2) is 8.42 Å². The summed E-state index contributed by atoms with van der Waals surface area (Å²) in [5, 5.41) is 3.82. The van der Waals surface area contributed by atoms with Crippen molar-refractivity contribution < 1.29 is 17.9 Å². The van der Waals surface area contributed by atoms with Crippen LogP contribution in [0.3, 0.4) is 0 Å². The second kappa shape index (κ2) is 10.0. The summed E-state index contributed by atoms with van der Waals surface area (Å²) in [7, 11) is -3.78. The summed E-state index contributed by atoms with van der Waals surface area (Å²) in [6, 6.07) is 18.9. The third-order valence-electron chi connectivity index (χ3n) is 4.28. The molecule has 0 aliphatic rings. The minimum atomic E-state index is -3.78. The van der Waals surface area contributed by atoms with E-state index in [1.807, 2.05) is 6.92 Å². The van der Waals surface area contributed by atoms with Gasteiger partial charge in [0.2, 0.25) is 0 Å². The summed E-state index contributed by atoms with van der Waals surface area (Å²) in [5.74, 6) is 0.188. The van der Waals surface area contributed by atoms with Crippen LogP contribution in [0.1, 0.15) is 13.3 Å². The van der Waals surface area contributed by atoms with Gasteiger partial charge < -0.3 is 10.1 Å². The molecule has 162 valence electrons. The lowest BCUT2D eigenvalue weighted by molar-refractivity contribution is -0.122. The Bertz CT molecular complexity index is 1130. The summed E-state index contributed by atoms with van der Waals surface area (Å²) in [6.07, 6.45) is -0.262. The predicted molar refractivity (Wildman–Crippen MR) is 123 cm³/mol. The van der Waals surface area contributed by atoms with Crippen molar-refractivity contribution in [1.29, 1.82) is 0 Å². The fraction of sp³-hybridized carbons (Fsp3) is 0.136. The van der Waals surface area contributed by atoms with Crippen molar-refractivity contribution in [2.24, 2.45) is 0 Å². The number of carbonyl (C=O) groups is 1. The largest absolute Gasteiger partial charge is 0.481 e. The van der Waals surface area contributed by atoms with E-state index in [4.69, 9.17) is 27.9 Å². The van der Waals surface area contributed by atoms with E-state index < -0.39 is 16.1 Å². The third-order valence-corrected chi connectivity index (χ3v) is 6.18. The molecule has 0 aromatic heterocycles. The highest BCUT2D eigenvalue weighted by Gasteiger charge is 2.19. The molecule has 6 nitrogen and oxygen atoms in total. The van der Waals surface area contributed by atoms with Crippen molar-refractivity contribution in [3.63, 3.8) is 0 Å². The van der Waals surface area contributed by atoms with Gasteiger partial charge in [0.15, 0.2) is 6.10 Å². The van der Waals surface area contributed by atoms with Gasteiger partial charge in [-0.2, -0.15) is 0 Å². The number of halogens is 2. The summed E-state index contributed by atoms with van der Waals surface area (Å²) < 4.78 is 33.3. The van der Waals surface area contributed by atoms with Gasteiger partial charge in [-0.1, -0.05) is 30.1 Å². The van der Waals surface area contributed by atoms with Gasteiger partial charge in [0, 0.05) is 21.4 Å². The Kier molecular flexibility index (Phi) is 7.43. The van der Waals surface area contributed by atoms with Crippen LogP contribution in [0.5, 0.6) is 5.75 Å². The van der Waals surface area contributed by atoms with Gasteiger partial charge in [-0.15, -0.1) is 0 Å². The van der Waals surface area contributed by atoms with Crippen molar-refractivity contribution in [2.45, 2.75) is 24.3 Å². The van der Waals surface area contributed by atoms with Crippen molar-refractivity contribution in [3.8, 4) is 5.75 Å². The highest BCUT2D eigenvalue weighted by molar-refractivity contribution is 7.92. The first-order chi connectivity index (χ1) is 14.8. The van der Waals surface area contributed by atoms with E-state index in [9.17, 15) is 13.2 Å². The molecule has 0 unspecified atom stereocenters. The summed E-state index contributed by atoms with van der Waals surface area (Å²) >= 11 is 11.7. The molecule has 1 amide bonds. The standard InChI is InChI=1S/C22H20Cl2N2O4S/c1-2-21(30-19-11-5-16(24)6-12-19)22(27)25-17-9-13-20(14-10-17)31(28,29)26-18-7-3-15(23)4-8-18/h3-14,21,26H,2H2,1H3,(H,25,27)/t21-/m1/s1. The molecule has 0 spiro atoms. The first kappa shape index (κ1) is 22.9. The molecule has 0 radical (unpaired) electrons. The number of carbonyl (C=O) groups excluding carboxylic acids is 1. The molecule has 0 aliphatic carbocycles. The van der Waals surface area contributed by atoms with E-state index in [-0.39, 0.29) is 10.8 Å². The van der Waals surface area contributed by atoms with Gasteiger partial charge in [0.05, 0.1) is 4.90 Å². The number of ether oxygens (including phenoxy) is 1. The van der Waals surface area contributed by atoms with Gasteiger partial charge in [0.1, 0.15) is 5.75 Å². The first-order valence-electron chi connectivity index (χ1n) is 9.38. The zero-order valence-electron chi connectivity index (χ0n) is 16.5. The van der Waals surface area contributed by atoms with Crippen LogP contribution in [0.4, 0.5) is 11.4 Å². The molecule has 2 N–H and O–H groups in total. The number of nitrogens with one attached hydrogen (secondary N) is 2. The summed E-state index contributed by atoms with van der Waals surface area (Å²) in [5.41, 5.74) is 0.848. The number of anilines is 2. The maximum absolute atomic E-state index is 12.6. The van der Waals surface area contributed by atoms with Crippen molar-refractivity contribution in [3.05, 3.63) is 82.8 Å². The molecule has 0 aliphatic heterocycles. The SMILES string of the molecule is CC[C@@H](Oc1ccc(Cl)cc1)C(=O)Nc1ccc(S(=O)(=O)Nc2ccc(Cl)cc2)cc1. The molecule has 0 fully saturated rings. The number of hydrogen-bond donors (Lipinski definition) is 2. The van der Waals surface area contributed by atoms with E-state index in [1.165, 1.54) is 24.3 Å². The Morgan fingerprint density at radius 3 is 1.94 bits per heavy atom. The number of hydrogen-bond acceptors (Lipinski definition) is 4. The second-order valence-electron chi connectivity index (χ2n) is 6.59. The Balaban J connectivity index is 1.65. The monoisotopic (exact) mass is 478 g/mol. The lowest BCUT2D eigenvalue weighted by atomic mass is 10.2. The Morgan fingerprint density at radius 2 is 1.39 bits per heavy atom. The van der Waals surface area contributed by atoms with Crippen LogP contribution in [-0.4, -0.2) is 20.4 Å². The molecule has 0 heterocycles. The smallest absolute Gasteiger partial charge is 0.265 e. The highest BCUT2D eigenvalue weighted by Crippen LogP contribution is 2.21. The quantitative estimate of drug-likeness (QED) is 0.441. The average molecular weight is 479 g/mol. The van der Waals surface area contributed by atoms with Crippen molar-refractivity contribution in [1.82, 2.24) is 0 Å². The molecule has 9 heteroatoms. The lowest BCUT2D eigenvalue weighted by Crippen LogP contribution is -2.32. The van der Waals surface area contributed by atoms with Crippen LogP contribution in [0.15, 0.2) is 77.7 Å². The van der Waals surface area contributed by atoms with Crippen LogP contribution < -0.4 is 14.8 Å². The molecule has 31 heavy (non-hydrogen) atoms. The van der Waals surface area contributed by atoms with Crippen molar-refractivity contribution in [2.75, 3.05) is 10.0 Å². The third kappa shape index (κ3) is 6.37. The molecule has 3 rings (SSSR count). The molecule has 3 aromatic rings. The second-order valence-corrected chi connectivity index (χ2v) is 9.15. The van der Waals surface area contributed by atoms with Crippen LogP contribution in [0.25, 0.3) is 0 Å². The minimum absolute atomic E-state index is 0.0601. The normalized spacial score (nSPS) is 12.1. The Hall–Kier alpha value is -2.74. The van der Waals surface area contributed by atoms with E-state index in [0.29, 0.717) is 33.6 Å². The highest BCUT2D eigenvalue weighted by atomic mass is 35.5. The molecule has 3 aromatic carbocycles. The van der Waals surface area contributed by atoms with Crippen LogP contribution in [-0.2, 0) is 14.8 Å². The topological polar surface area (TPSA) is 84.5 Å². The molecule has 0 saturated carbocycles. The molecular weight excluding hydrogens is 459 g/mol. The summed E-state index contributed by atoms with van der Waals surface area (Å²) in [6.45, 7) is 1.83. The van der Waals surface area contributed by atoms with Gasteiger partial charge in [-0.3, -0.25) is 9.52 Å². The zero-order valence-corrected chi connectivity index (χ0v) is 18.8. The fourth-order valence-corrected chi connectivity index (χ4v) is 3.98. The predicted octanol–water partition coefficient (Wildman–Crippen LogP) is 5.59. The Morgan fingerprint density at radius 1 is 0.871 bits per heavy atom. The average Bonchev–Trinajstić information content (AvgIpc) is 2.75. The number of amides is 1. The first-order valence-corrected chi connectivity index (χ1v) is 11.6. The van der Waals surface area contributed by atoms with E-state index >= 15 is 0 Å². The molecular formula is C22H20Cl2N2O4S. The van der Waals surface area contributed by atoms with E-state index in [2.05, 4.69) is 10.0 Å². The van der Waals surface area contributed by atoms with Gasteiger partial charge in [0.25, 0.3) is 15.9 Å². The lowest BCUT2D eigenvalue weighted by Gasteiger charge is -2.17. The van der Waals surface area contributed by atoms with E-state index in [1.54, 1.807) is 48.5 Å². The van der Waals surface area contributed by atoms with Crippen LogP contribution in [0.2, 0.25) is 10.0 Å². The van der Waals surface area contributed by atoms with Crippen LogP contribution >= 0.6 is 23.2 Å². The Labute approximate surface area is 191 Å². The summed E-state index contributed by atoms with van der Waals surface area (Å²) in [4.78, 5) is 12.6. The van der Waals surface area contributed by atoms with Gasteiger partial charge in [-0.05, 0) is 79.2 Å². The number of rotatable bonds is 8.